The lowest BCUT2D eigenvalue weighted by Crippen LogP contribution is -2.31. The SMILES string of the molecule is CCCCN(CCCC)CC(O)c1cc(OC)c2cc(OC)c(Cl)cc2n1. The van der Waals surface area contributed by atoms with Crippen molar-refractivity contribution in [1.82, 2.24) is 9.88 Å². The van der Waals surface area contributed by atoms with Crippen molar-refractivity contribution in [3.05, 3.63) is 28.9 Å². The normalized spacial score (nSPS) is 12.6. The van der Waals surface area contributed by atoms with Gasteiger partial charge in [0.1, 0.15) is 17.6 Å². The summed E-state index contributed by atoms with van der Waals surface area (Å²) < 4.78 is 10.8. The number of halogens is 1. The minimum absolute atomic E-state index is 0.485. The number of aliphatic hydroxyl groups is 1. The first-order valence-corrected chi connectivity index (χ1v) is 10.0. The summed E-state index contributed by atoms with van der Waals surface area (Å²) >= 11 is 6.25. The van der Waals surface area contributed by atoms with E-state index < -0.39 is 6.10 Å². The molecule has 27 heavy (non-hydrogen) atoms. The van der Waals surface area contributed by atoms with Crippen LogP contribution in [0.1, 0.15) is 51.3 Å². The Balaban J connectivity index is 2.30. The summed E-state index contributed by atoms with van der Waals surface area (Å²) in [4.78, 5) is 6.95. The number of fused-ring (bicyclic) bond motifs is 1. The molecule has 0 amide bonds. The van der Waals surface area contributed by atoms with Crippen LogP contribution in [0.25, 0.3) is 10.9 Å². The van der Waals surface area contributed by atoms with Crippen molar-refractivity contribution in [2.75, 3.05) is 33.9 Å². The third kappa shape index (κ3) is 5.71. The van der Waals surface area contributed by atoms with Gasteiger partial charge in [-0.25, -0.2) is 4.98 Å². The average molecular weight is 395 g/mol. The summed E-state index contributed by atoms with van der Waals surface area (Å²) in [6.07, 6.45) is 3.85. The van der Waals surface area contributed by atoms with Crippen molar-refractivity contribution >= 4 is 22.5 Å². The molecule has 0 bridgehead atoms. The first-order valence-electron chi connectivity index (χ1n) is 9.66. The van der Waals surface area contributed by atoms with Crippen LogP contribution in [0.5, 0.6) is 11.5 Å². The monoisotopic (exact) mass is 394 g/mol. The van der Waals surface area contributed by atoms with E-state index in [9.17, 15) is 5.11 Å². The molecule has 0 aliphatic heterocycles. The number of ether oxygens (including phenoxy) is 2. The Morgan fingerprint density at radius 3 is 2.22 bits per heavy atom. The van der Waals surface area contributed by atoms with Crippen molar-refractivity contribution in [2.24, 2.45) is 0 Å². The molecule has 0 radical (unpaired) electrons. The van der Waals surface area contributed by atoms with E-state index in [0.29, 0.717) is 34.3 Å². The fraction of sp³-hybridized carbons (Fsp3) is 0.571. The lowest BCUT2D eigenvalue weighted by molar-refractivity contribution is 0.108. The quantitative estimate of drug-likeness (QED) is 0.590. The summed E-state index contributed by atoms with van der Waals surface area (Å²) in [6.45, 7) is 6.90. The van der Waals surface area contributed by atoms with Crippen LogP contribution in [0, 0.1) is 0 Å². The molecule has 5 nitrogen and oxygen atoms in total. The molecule has 0 saturated heterocycles. The molecule has 0 fully saturated rings. The van der Waals surface area contributed by atoms with Crippen LogP contribution >= 0.6 is 11.6 Å². The molecule has 1 atom stereocenters. The van der Waals surface area contributed by atoms with Gasteiger partial charge in [-0.3, -0.25) is 0 Å². The second-order valence-electron chi connectivity index (χ2n) is 6.78. The molecule has 1 heterocycles. The molecular formula is C21H31ClN2O3. The van der Waals surface area contributed by atoms with Crippen LogP contribution in [0.3, 0.4) is 0 Å². The highest BCUT2D eigenvalue weighted by molar-refractivity contribution is 6.32. The van der Waals surface area contributed by atoms with Gasteiger partial charge in [0.15, 0.2) is 0 Å². The minimum Gasteiger partial charge on any atom is -0.496 e. The maximum Gasteiger partial charge on any atom is 0.138 e. The third-order valence-electron chi connectivity index (χ3n) is 4.71. The Morgan fingerprint density at radius 2 is 1.67 bits per heavy atom. The van der Waals surface area contributed by atoms with Crippen LogP contribution < -0.4 is 9.47 Å². The number of pyridine rings is 1. The summed E-state index contributed by atoms with van der Waals surface area (Å²) in [6, 6.07) is 5.37. The van der Waals surface area contributed by atoms with E-state index in [4.69, 9.17) is 21.1 Å². The molecule has 0 saturated carbocycles. The molecule has 1 N–H and O–H groups in total. The second kappa shape index (κ2) is 10.7. The van der Waals surface area contributed by atoms with E-state index >= 15 is 0 Å². The number of rotatable bonds is 11. The smallest absolute Gasteiger partial charge is 0.138 e. The van der Waals surface area contributed by atoms with E-state index in [1.165, 1.54) is 0 Å². The number of methoxy groups -OCH3 is 2. The van der Waals surface area contributed by atoms with E-state index in [1.54, 1.807) is 26.4 Å². The van der Waals surface area contributed by atoms with Gasteiger partial charge in [-0.1, -0.05) is 38.3 Å². The summed E-state index contributed by atoms with van der Waals surface area (Å²) in [5.74, 6) is 1.22. The molecule has 0 spiro atoms. The van der Waals surface area contributed by atoms with Gasteiger partial charge in [-0.15, -0.1) is 0 Å². The number of benzene rings is 1. The van der Waals surface area contributed by atoms with Crippen LogP contribution in [-0.2, 0) is 0 Å². The Morgan fingerprint density at radius 1 is 1.04 bits per heavy atom. The van der Waals surface area contributed by atoms with Gasteiger partial charge in [0.25, 0.3) is 0 Å². The van der Waals surface area contributed by atoms with Gasteiger partial charge in [-0.2, -0.15) is 0 Å². The van der Waals surface area contributed by atoms with Crippen molar-refractivity contribution in [3.8, 4) is 11.5 Å². The standard InChI is InChI=1S/C21H31ClN2O3/c1-5-7-9-24(10-8-6-2)14-19(25)18-13-20(26-3)15-11-21(27-4)16(22)12-17(15)23-18/h11-13,19,25H,5-10,14H2,1-4H3. The zero-order valence-electron chi connectivity index (χ0n) is 16.8. The van der Waals surface area contributed by atoms with Crippen molar-refractivity contribution in [3.63, 3.8) is 0 Å². The molecule has 2 rings (SSSR count). The Kier molecular flexibility index (Phi) is 8.61. The number of aliphatic hydroxyl groups excluding tert-OH is 1. The predicted octanol–water partition coefficient (Wildman–Crippen LogP) is 4.84. The first-order chi connectivity index (χ1) is 13.0. The van der Waals surface area contributed by atoms with Gasteiger partial charge in [0, 0.05) is 18.0 Å². The van der Waals surface area contributed by atoms with E-state index in [0.717, 1.165) is 44.2 Å². The Labute approximate surface area is 167 Å². The predicted molar refractivity (Wildman–Crippen MR) is 111 cm³/mol. The second-order valence-corrected chi connectivity index (χ2v) is 7.18. The molecular weight excluding hydrogens is 364 g/mol. The van der Waals surface area contributed by atoms with E-state index in [1.807, 2.05) is 6.07 Å². The van der Waals surface area contributed by atoms with E-state index in [2.05, 4.69) is 23.7 Å². The number of nitrogens with zero attached hydrogens (tertiary/aromatic N) is 2. The summed E-state index contributed by atoms with van der Waals surface area (Å²) in [7, 11) is 3.19. The number of hydrogen-bond acceptors (Lipinski definition) is 5. The minimum atomic E-state index is -0.683. The van der Waals surface area contributed by atoms with Gasteiger partial charge in [-0.05, 0) is 38.1 Å². The van der Waals surface area contributed by atoms with E-state index in [-0.39, 0.29) is 0 Å². The molecule has 6 heteroatoms. The summed E-state index contributed by atoms with van der Waals surface area (Å²) in [5.41, 5.74) is 1.28. The number of hydrogen-bond donors (Lipinski definition) is 1. The van der Waals surface area contributed by atoms with Crippen LogP contribution in [0.2, 0.25) is 5.02 Å². The summed E-state index contributed by atoms with van der Waals surface area (Å²) in [5, 5.41) is 12.1. The Bertz CT molecular complexity index is 731. The highest BCUT2D eigenvalue weighted by Crippen LogP contribution is 2.35. The lowest BCUT2D eigenvalue weighted by Gasteiger charge is -2.25. The number of aromatic nitrogens is 1. The maximum absolute atomic E-state index is 10.8. The highest BCUT2D eigenvalue weighted by Gasteiger charge is 2.18. The molecule has 150 valence electrons. The van der Waals surface area contributed by atoms with Gasteiger partial charge in [0.05, 0.1) is 30.5 Å². The van der Waals surface area contributed by atoms with Gasteiger partial charge >= 0.3 is 0 Å². The first kappa shape index (κ1) is 21.7. The number of unbranched alkanes of at least 4 members (excludes halogenated alkanes) is 2. The average Bonchev–Trinajstić information content (AvgIpc) is 2.68. The van der Waals surface area contributed by atoms with Crippen molar-refractivity contribution < 1.29 is 14.6 Å². The molecule has 1 aromatic heterocycles. The van der Waals surface area contributed by atoms with Crippen LogP contribution in [0.15, 0.2) is 18.2 Å². The topological polar surface area (TPSA) is 54.8 Å². The Hall–Kier alpha value is -1.56. The van der Waals surface area contributed by atoms with Crippen molar-refractivity contribution in [2.45, 2.75) is 45.6 Å². The van der Waals surface area contributed by atoms with Gasteiger partial charge < -0.3 is 19.5 Å². The molecule has 1 unspecified atom stereocenters. The molecule has 0 aliphatic carbocycles. The van der Waals surface area contributed by atoms with Crippen LogP contribution in [0.4, 0.5) is 0 Å². The van der Waals surface area contributed by atoms with Crippen molar-refractivity contribution in [1.29, 1.82) is 0 Å². The molecule has 0 aliphatic rings. The zero-order valence-corrected chi connectivity index (χ0v) is 17.6. The lowest BCUT2D eigenvalue weighted by atomic mass is 10.1. The van der Waals surface area contributed by atoms with Crippen LogP contribution in [-0.4, -0.2) is 48.8 Å². The zero-order chi connectivity index (χ0) is 19.8. The fourth-order valence-electron chi connectivity index (χ4n) is 3.11. The maximum atomic E-state index is 10.8. The van der Waals surface area contributed by atoms with Gasteiger partial charge in [0.2, 0.25) is 0 Å². The molecule has 1 aromatic carbocycles. The fourth-order valence-corrected chi connectivity index (χ4v) is 3.34. The molecule has 2 aromatic rings. The third-order valence-corrected chi connectivity index (χ3v) is 5.01. The largest absolute Gasteiger partial charge is 0.496 e. The highest BCUT2D eigenvalue weighted by atomic mass is 35.5.